The summed E-state index contributed by atoms with van der Waals surface area (Å²) in [7, 11) is 0. The zero-order valence-electron chi connectivity index (χ0n) is 8.90. The summed E-state index contributed by atoms with van der Waals surface area (Å²) in [6.07, 6.45) is 5.34. The van der Waals surface area contributed by atoms with Crippen molar-refractivity contribution >= 4 is 5.97 Å². The third-order valence-electron chi connectivity index (χ3n) is 2.50. The van der Waals surface area contributed by atoms with Crippen molar-refractivity contribution in [3.63, 3.8) is 0 Å². The number of carbonyl (C=O) groups is 1. The van der Waals surface area contributed by atoms with E-state index in [1.165, 1.54) is 0 Å². The molecule has 1 unspecified atom stereocenters. The average molecular weight is 219 g/mol. The van der Waals surface area contributed by atoms with Gasteiger partial charge in [-0.1, -0.05) is 0 Å². The van der Waals surface area contributed by atoms with Crippen molar-refractivity contribution in [2.75, 3.05) is 0 Å². The number of aryl methyl sites for hydroxylation is 1. The molecule has 0 fully saturated rings. The molecule has 0 amide bonds. The highest BCUT2D eigenvalue weighted by Gasteiger charge is 2.19. The van der Waals surface area contributed by atoms with Gasteiger partial charge in [-0.2, -0.15) is 0 Å². The fourth-order valence-electron chi connectivity index (χ4n) is 1.75. The molecule has 2 aromatic rings. The Kier molecular flexibility index (Phi) is 2.76. The lowest BCUT2D eigenvalue weighted by Crippen LogP contribution is -2.07. The van der Waals surface area contributed by atoms with E-state index in [1.54, 1.807) is 12.4 Å². The standard InChI is InChI=1S/C11H13N3O2/c1-7-13-6-10(14-7)9(4-11(15)16)8-2-3-12-5-8/h2-3,5-6,9,12H,4H2,1H3,(H,13,14)(H,15,16). The fourth-order valence-corrected chi connectivity index (χ4v) is 1.75. The van der Waals surface area contributed by atoms with Crippen molar-refractivity contribution in [1.29, 1.82) is 0 Å². The third kappa shape index (κ3) is 2.13. The van der Waals surface area contributed by atoms with Crippen LogP contribution in [0.4, 0.5) is 0 Å². The number of nitrogens with one attached hydrogen (secondary N) is 2. The lowest BCUT2D eigenvalue weighted by atomic mass is 9.95. The van der Waals surface area contributed by atoms with E-state index in [0.717, 1.165) is 17.1 Å². The van der Waals surface area contributed by atoms with Gasteiger partial charge < -0.3 is 15.1 Å². The molecule has 16 heavy (non-hydrogen) atoms. The Morgan fingerprint density at radius 1 is 1.62 bits per heavy atom. The zero-order valence-corrected chi connectivity index (χ0v) is 8.90. The Bertz CT molecular complexity index is 473. The molecule has 3 N–H and O–H groups in total. The summed E-state index contributed by atoms with van der Waals surface area (Å²) in [5.41, 5.74) is 1.78. The molecule has 2 aromatic heterocycles. The van der Waals surface area contributed by atoms with Gasteiger partial charge in [-0.15, -0.1) is 0 Å². The van der Waals surface area contributed by atoms with Gasteiger partial charge in [0.15, 0.2) is 0 Å². The van der Waals surface area contributed by atoms with Crippen LogP contribution in [0.2, 0.25) is 0 Å². The molecule has 1 atom stereocenters. The molecule has 2 heterocycles. The van der Waals surface area contributed by atoms with Gasteiger partial charge in [-0.05, 0) is 18.6 Å². The largest absolute Gasteiger partial charge is 0.481 e. The molecule has 0 aliphatic carbocycles. The van der Waals surface area contributed by atoms with Crippen molar-refractivity contribution in [2.24, 2.45) is 0 Å². The minimum atomic E-state index is -0.821. The monoisotopic (exact) mass is 219 g/mol. The Morgan fingerprint density at radius 2 is 2.44 bits per heavy atom. The third-order valence-corrected chi connectivity index (χ3v) is 2.50. The number of nitrogens with zero attached hydrogens (tertiary/aromatic N) is 1. The molecular weight excluding hydrogens is 206 g/mol. The Balaban J connectivity index is 2.31. The average Bonchev–Trinajstić information content (AvgIpc) is 2.84. The molecule has 84 valence electrons. The van der Waals surface area contributed by atoms with E-state index in [1.807, 2.05) is 19.2 Å². The molecule has 0 aliphatic heterocycles. The predicted octanol–water partition coefficient (Wildman–Crippen LogP) is 1.65. The van der Waals surface area contributed by atoms with E-state index in [-0.39, 0.29) is 12.3 Å². The Morgan fingerprint density at radius 3 is 2.94 bits per heavy atom. The number of imidazole rings is 1. The maximum absolute atomic E-state index is 10.8. The number of carboxylic acids is 1. The van der Waals surface area contributed by atoms with Gasteiger partial charge in [0.1, 0.15) is 5.82 Å². The van der Waals surface area contributed by atoms with E-state index in [4.69, 9.17) is 5.11 Å². The van der Waals surface area contributed by atoms with Crippen molar-refractivity contribution in [3.8, 4) is 0 Å². The summed E-state index contributed by atoms with van der Waals surface area (Å²) in [6, 6.07) is 1.88. The van der Waals surface area contributed by atoms with Gasteiger partial charge in [-0.3, -0.25) is 4.79 Å². The topological polar surface area (TPSA) is 81.8 Å². The molecule has 0 aliphatic rings. The molecule has 0 saturated carbocycles. The first-order valence-electron chi connectivity index (χ1n) is 5.03. The first kappa shape index (κ1) is 10.5. The van der Waals surface area contributed by atoms with Gasteiger partial charge in [0.25, 0.3) is 0 Å². The van der Waals surface area contributed by atoms with Crippen LogP contribution in [0.1, 0.15) is 29.4 Å². The van der Waals surface area contributed by atoms with Crippen LogP contribution in [0.5, 0.6) is 0 Å². The number of rotatable bonds is 4. The van der Waals surface area contributed by atoms with Crippen molar-refractivity contribution in [1.82, 2.24) is 15.0 Å². The number of hydrogen-bond acceptors (Lipinski definition) is 2. The highest BCUT2D eigenvalue weighted by Crippen LogP contribution is 2.26. The molecule has 5 nitrogen and oxygen atoms in total. The summed E-state index contributed by atoms with van der Waals surface area (Å²) in [5.74, 6) is -0.204. The Labute approximate surface area is 92.5 Å². The molecule has 0 radical (unpaired) electrons. The van der Waals surface area contributed by atoms with E-state index >= 15 is 0 Å². The fraction of sp³-hybridized carbons (Fsp3) is 0.273. The molecule has 0 aromatic carbocycles. The number of H-pyrrole nitrogens is 2. The molecule has 0 bridgehead atoms. The lowest BCUT2D eigenvalue weighted by Gasteiger charge is -2.10. The van der Waals surface area contributed by atoms with E-state index < -0.39 is 5.97 Å². The molecule has 2 rings (SSSR count). The summed E-state index contributed by atoms with van der Waals surface area (Å²) in [5, 5.41) is 8.91. The minimum absolute atomic E-state index is 0.0550. The smallest absolute Gasteiger partial charge is 0.304 e. The number of hydrogen-bond donors (Lipinski definition) is 3. The maximum Gasteiger partial charge on any atom is 0.304 e. The van der Waals surface area contributed by atoms with Crippen LogP contribution in [-0.2, 0) is 4.79 Å². The van der Waals surface area contributed by atoms with Crippen LogP contribution < -0.4 is 0 Å². The van der Waals surface area contributed by atoms with E-state index in [9.17, 15) is 4.79 Å². The van der Waals surface area contributed by atoms with Gasteiger partial charge in [0, 0.05) is 30.2 Å². The molecule has 5 heteroatoms. The van der Waals surface area contributed by atoms with Crippen LogP contribution in [0.15, 0.2) is 24.7 Å². The van der Waals surface area contributed by atoms with Gasteiger partial charge in [-0.25, -0.2) is 4.98 Å². The predicted molar refractivity (Wildman–Crippen MR) is 58.2 cm³/mol. The quantitative estimate of drug-likeness (QED) is 0.731. The second kappa shape index (κ2) is 4.22. The molecule has 0 spiro atoms. The van der Waals surface area contributed by atoms with Gasteiger partial charge in [0.05, 0.1) is 6.42 Å². The SMILES string of the molecule is Cc1ncc(C(CC(=O)O)c2cc[nH]c2)[nH]1. The summed E-state index contributed by atoms with van der Waals surface area (Å²) in [4.78, 5) is 21.0. The van der Waals surface area contributed by atoms with Crippen LogP contribution in [0.25, 0.3) is 0 Å². The first-order valence-corrected chi connectivity index (χ1v) is 5.03. The normalized spacial score (nSPS) is 12.6. The first-order chi connectivity index (χ1) is 7.66. The summed E-state index contributed by atoms with van der Waals surface area (Å²) < 4.78 is 0. The zero-order chi connectivity index (χ0) is 11.5. The minimum Gasteiger partial charge on any atom is -0.481 e. The second-order valence-corrected chi connectivity index (χ2v) is 3.72. The van der Waals surface area contributed by atoms with Crippen LogP contribution in [0, 0.1) is 6.92 Å². The van der Waals surface area contributed by atoms with Crippen molar-refractivity contribution in [3.05, 3.63) is 41.7 Å². The van der Waals surface area contributed by atoms with Crippen LogP contribution in [-0.4, -0.2) is 26.0 Å². The molecule has 0 saturated heterocycles. The number of aromatic nitrogens is 3. The second-order valence-electron chi connectivity index (χ2n) is 3.72. The highest BCUT2D eigenvalue weighted by molar-refractivity contribution is 5.68. The van der Waals surface area contributed by atoms with E-state index in [0.29, 0.717) is 0 Å². The van der Waals surface area contributed by atoms with Crippen LogP contribution in [0.3, 0.4) is 0 Å². The summed E-state index contributed by atoms with van der Waals surface area (Å²) >= 11 is 0. The summed E-state index contributed by atoms with van der Waals surface area (Å²) in [6.45, 7) is 1.85. The molecular formula is C11H13N3O2. The number of carboxylic acid groups (broad SMARTS) is 1. The number of aliphatic carboxylic acids is 1. The maximum atomic E-state index is 10.8. The van der Waals surface area contributed by atoms with Crippen LogP contribution >= 0.6 is 0 Å². The van der Waals surface area contributed by atoms with Gasteiger partial charge >= 0.3 is 5.97 Å². The van der Waals surface area contributed by atoms with E-state index in [2.05, 4.69) is 15.0 Å². The number of aromatic amines is 2. The highest BCUT2D eigenvalue weighted by atomic mass is 16.4. The van der Waals surface area contributed by atoms with Crippen molar-refractivity contribution in [2.45, 2.75) is 19.3 Å². The van der Waals surface area contributed by atoms with Crippen molar-refractivity contribution < 1.29 is 9.90 Å². The van der Waals surface area contributed by atoms with Gasteiger partial charge in [0.2, 0.25) is 0 Å². The Hall–Kier alpha value is -2.04. The lowest BCUT2D eigenvalue weighted by molar-refractivity contribution is -0.137.